The molecule has 4 heterocycles. The van der Waals surface area contributed by atoms with Crippen LogP contribution < -0.4 is 11.1 Å². The summed E-state index contributed by atoms with van der Waals surface area (Å²) in [4.78, 5) is 28.0. The highest BCUT2D eigenvalue weighted by Gasteiger charge is 2.43. The van der Waals surface area contributed by atoms with Crippen molar-refractivity contribution in [3.05, 3.63) is 48.9 Å². The number of hydrogen-bond acceptors (Lipinski definition) is 6. The lowest BCUT2D eigenvalue weighted by Gasteiger charge is -2.35. The van der Waals surface area contributed by atoms with Gasteiger partial charge in [-0.15, -0.1) is 0 Å². The first-order valence-corrected chi connectivity index (χ1v) is 11.6. The van der Waals surface area contributed by atoms with Crippen LogP contribution in [-0.4, -0.2) is 37.9 Å². The third-order valence-electron chi connectivity index (χ3n) is 6.70. The number of likely N-dealkylation sites (tertiary alicyclic amines) is 1. The summed E-state index contributed by atoms with van der Waals surface area (Å²) in [7, 11) is 0. The van der Waals surface area contributed by atoms with Crippen LogP contribution in [0, 0.1) is 5.92 Å². The topological polar surface area (TPSA) is 69.4 Å². The molecule has 0 N–H and O–H groups in total. The minimum absolute atomic E-state index is 0.298. The molecular formula is C21H28N4O3S. The minimum Gasteiger partial charge on any atom is -0.364 e. The first kappa shape index (κ1) is 19.2. The fraction of sp³-hybridized carbons (Fsp3) is 0.667. The van der Waals surface area contributed by atoms with Gasteiger partial charge in [0.25, 0.3) is 0 Å². The van der Waals surface area contributed by atoms with Gasteiger partial charge in [-0.3, -0.25) is 19.1 Å². The highest BCUT2D eigenvalue weighted by atomic mass is 32.1. The Morgan fingerprint density at radius 2 is 2.03 bits per heavy atom. The highest BCUT2D eigenvalue weighted by molar-refractivity contribution is 7.07. The van der Waals surface area contributed by atoms with Gasteiger partial charge in [0.05, 0.1) is 6.54 Å². The summed E-state index contributed by atoms with van der Waals surface area (Å²) in [6.45, 7) is 3.89. The molecule has 1 saturated carbocycles. The molecule has 29 heavy (non-hydrogen) atoms. The maximum atomic E-state index is 12.9. The third kappa shape index (κ3) is 3.85. The van der Waals surface area contributed by atoms with E-state index in [0.29, 0.717) is 31.4 Å². The zero-order valence-corrected chi connectivity index (χ0v) is 17.5. The summed E-state index contributed by atoms with van der Waals surface area (Å²) in [5.41, 5.74) is -0.00164. The number of fused-ring (bicyclic) bond motifs is 1. The van der Waals surface area contributed by atoms with Gasteiger partial charge in [-0.1, -0.05) is 19.3 Å². The standard InChI is InChI=1S/C21H28N4O3S/c26-19-20(27)25(11-16-4-2-1-3-5-16)22-18-12-28-21(15-24(18)19)7-8-23(14-21)10-17-6-9-29-13-17/h6,9,13,16H,1-5,7-8,10-12,14-15H2/t21-/m1/s1. The molecule has 0 unspecified atom stereocenters. The van der Waals surface area contributed by atoms with Crippen LogP contribution in [0.25, 0.3) is 0 Å². The number of aromatic nitrogens is 3. The van der Waals surface area contributed by atoms with Crippen LogP contribution in [0.2, 0.25) is 0 Å². The van der Waals surface area contributed by atoms with E-state index in [2.05, 4.69) is 26.8 Å². The first-order chi connectivity index (χ1) is 14.1. The molecule has 8 heteroatoms. The number of hydrogen-bond donors (Lipinski definition) is 0. The lowest BCUT2D eigenvalue weighted by Crippen LogP contribution is -2.53. The second kappa shape index (κ2) is 7.81. The molecule has 1 saturated heterocycles. The van der Waals surface area contributed by atoms with Gasteiger partial charge < -0.3 is 4.74 Å². The monoisotopic (exact) mass is 416 g/mol. The van der Waals surface area contributed by atoms with Crippen molar-refractivity contribution in [3.8, 4) is 0 Å². The highest BCUT2D eigenvalue weighted by Crippen LogP contribution is 2.32. The molecule has 2 aromatic heterocycles. The Bertz CT molecular complexity index is 977. The number of thiophene rings is 1. The van der Waals surface area contributed by atoms with Gasteiger partial charge in [0.2, 0.25) is 0 Å². The van der Waals surface area contributed by atoms with Crippen LogP contribution in [0.3, 0.4) is 0 Å². The van der Waals surface area contributed by atoms with Crippen molar-refractivity contribution in [1.29, 1.82) is 0 Å². The lowest BCUT2D eigenvalue weighted by atomic mass is 9.89. The molecule has 156 valence electrons. The summed E-state index contributed by atoms with van der Waals surface area (Å²) in [5, 5.41) is 8.80. The van der Waals surface area contributed by atoms with Crippen LogP contribution >= 0.6 is 11.3 Å². The van der Waals surface area contributed by atoms with Crippen molar-refractivity contribution >= 4 is 11.3 Å². The van der Waals surface area contributed by atoms with E-state index >= 15 is 0 Å². The summed E-state index contributed by atoms with van der Waals surface area (Å²) >= 11 is 1.71. The van der Waals surface area contributed by atoms with Gasteiger partial charge in [0.1, 0.15) is 12.2 Å². The van der Waals surface area contributed by atoms with Crippen LogP contribution in [0.15, 0.2) is 26.4 Å². The van der Waals surface area contributed by atoms with Crippen LogP contribution in [0.5, 0.6) is 0 Å². The number of ether oxygens (including phenoxy) is 1. The SMILES string of the molecule is O=c1c(=O)n2c(nn1CC1CCCCC1)CO[C@@]1(CCN(Cc3ccsc3)C1)C2. The summed E-state index contributed by atoms with van der Waals surface area (Å²) < 4.78 is 9.25. The number of nitrogens with zero attached hydrogens (tertiary/aromatic N) is 4. The molecule has 1 atom stereocenters. The zero-order valence-electron chi connectivity index (χ0n) is 16.7. The van der Waals surface area contributed by atoms with Gasteiger partial charge in [-0.05, 0) is 47.6 Å². The van der Waals surface area contributed by atoms with E-state index < -0.39 is 16.7 Å². The quantitative estimate of drug-likeness (QED) is 0.715. The van der Waals surface area contributed by atoms with E-state index in [0.717, 1.165) is 38.9 Å². The summed E-state index contributed by atoms with van der Waals surface area (Å²) in [6.07, 6.45) is 6.78. The molecule has 2 aromatic rings. The largest absolute Gasteiger partial charge is 0.364 e. The Kier molecular flexibility index (Phi) is 5.17. The van der Waals surface area contributed by atoms with Gasteiger partial charge in [-0.2, -0.15) is 16.4 Å². The predicted octanol–water partition coefficient (Wildman–Crippen LogP) is 2.22. The molecule has 0 bridgehead atoms. The first-order valence-electron chi connectivity index (χ1n) is 10.7. The fourth-order valence-electron chi connectivity index (χ4n) is 5.09. The molecule has 3 aliphatic rings. The van der Waals surface area contributed by atoms with Gasteiger partial charge in [-0.25, -0.2) is 4.68 Å². The maximum Gasteiger partial charge on any atom is 0.332 e. The second-order valence-corrected chi connectivity index (χ2v) is 9.64. The summed E-state index contributed by atoms with van der Waals surface area (Å²) in [5.74, 6) is 1.04. The van der Waals surface area contributed by atoms with E-state index in [4.69, 9.17) is 4.74 Å². The van der Waals surface area contributed by atoms with Crippen molar-refractivity contribution in [2.75, 3.05) is 13.1 Å². The molecule has 0 amide bonds. The van der Waals surface area contributed by atoms with E-state index in [1.807, 2.05) is 0 Å². The van der Waals surface area contributed by atoms with E-state index in [-0.39, 0.29) is 0 Å². The van der Waals surface area contributed by atoms with Crippen LogP contribution in [0.1, 0.15) is 49.9 Å². The van der Waals surface area contributed by atoms with Crippen molar-refractivity contribution < 1.29 is 4.74 Å². The number of rotatable bonds is 4. The Balaban J connectivity index is 1.33. The molecule has 1 spiro atoms. The second-order valence-electron chi connectivity index (χ2n) is 8.86. The molecule has 2 fully saturated rings. The van der Waals surface area contributed by atoms with Crippen molar-refractivity contribution in [1.82, 2.24) is 19.2 Å². The van der Waals surface area contributed by atoms with E-state index in [1.165, 1.54) is 29.5 Å². The minimum atomic E-state index is -0.482. The molecule has 2 aliphatic heterocycles. The van der Waals surface area contributed by atoms with Crippen molar-refractivity contribution in [2.24, 2.45) is 5.92 Å². The van der Waals surface area contributed by atoms with Crippen molar-refractivity contribution in [2.45, 2.75) is 70.4 Å². The molecule has 0 aromatic carbocycles. The van der Waals surface area contributed by atoms with Crippen LogP contribution in [-0.2, 0) is 31.0 Å². The van der Waals surface area contributed by atoms with Crippen LogP contribution in [0.4, 0.5) is 0 Å². The summed E-state index contributed by atoms with van der Waals surface area (Å²) in [6, 6.07) is 2.15. The van der Waals surface area contributed by atoms with E-state index in [9.17, 15) is 9.59 Å². The predicted molar refractivity (Wildman–Crippen MR) is 111 cm³/mol. The van der Waals surface area contributed by atoms with Gasteiger partial charge in [0.15, 0.2) is 5.82 Å². The Hall–Kier alpha value is -1.77. The Morgan fingerprint density at radius 3 is 2.83 bits per heavy atom. The smallest absolute Gasteiger partial charge is 0.332 e. The molecule has 0 radical (unpaired) electrons. The lowest BCUT2D eigenvalue weighted by molar-refractivity contribution is -0.0860. The molecule has 7 nitrogen and oxygen atoms in total. The Labute approximate surface area is 173 Å². The average molecular weight is 417 g/mol. The zero-order chi connectivity index (χ0) is 19.8. The molecule has 1 aliphatic carbocycles. The Morgan fingerprint density at radius 1 is 1.17 bits per heavy atom. The maximum absolute atomic E-state index is 12.9. The fourth-order valence-corrected chi connectivity index (χ4v) is 5.75. The average Bonchev–Trinajstić information content (AvgIpc) is 3.38. The van der Waals surface area contributed by atoms with Crippen molar-refractivity contribution in [3.63, 3.8) is 0 Å². The van der Waals surface area contributed by atoms with Gasteiger partial charge in [0, 0.05) is 26.2 Å². The van der Waals surface area contributed by atoms with Gasteiger partial charge >= 0.3 is 11.1 Å². The molecular weight excluding hydrogens is 388 g/mol. The van der Waals surface area contributed by atoms with E-state index in [1.54, 1.807) is 15.9 Å². The molecule has 5 rings (SSSR count). The third-order valence-corrected chi connectivity index (χ3v) is 7.43. The normalized spacial score (nSPS) is 25.5.